The van der Waals surface area contributed by atoms with Gasteiger partial charge in [-0.2, -0.15) is 0 Å². The molecule has 2 aromatic rings. The second-order valence-electron chi connectivity index (χ2n) is 5.87. The molecule has 0 radical (unpaired) electrons. The van der Waals surface area contributed by atoms with Crippen LogP contribution in [0.15, 0.2) is 24.3 Å². The molecule has 0 spiro atoms. The van der Waals surface area contributed by atoms with Gasteiger partial charge in [-0.3, -0.25) is 4.79 Å². The average Bonchev–Trinajstić information content (AvgIpc) is 3.13. The summed E-state index contributed by atoms with van der Waals surface area (Å²) in [6, 6.07) is 8.61. The van der Waals surface area contributed by atoms with Crippen LogP contribution < -0.4 is 5.32 Å². The highest BCUT2D eigenvalue weighted by molar-refractivity contribution is 7.18. The smallest absolute Gasteiger partial charge is 0.222 e. The minimum absolute atomic E-state index is 0.305. The van der Waals surface area contributed by atoms with Crippen LogP contribution in [0.25, 0.3) is 10.2 Å². The Balaban J connectivity index is 1.51. The fraction of sp³-hybridized carbons (Fsp3) is 0.529. The molecule has 1 amide bonds. The molecule has 1 aliphatic heterocycles. The third-order valence-electron chi connectivity index (χ3n) is 4.26. The molecule has 0 bridgehead atoms. The third kappa shape index (κ3) is 3.47. The molecule has 2 heterocycles. The van der Waals surface area contributed by atoms with Gasteiger partial charge in [0.1, 0.15) is 0 Å². The van der Waals surface area contributed by atoms with E-state index >= 15 is 0 Å². The molecule has 5 heteroatoms. The number of hydrogen-bond acceptors (Lipinski definition) is 4. The number of thiazole rings is 1. The third-order valence-corrected chi connectivity index (χ3v) is 5.35. The number of benzene rings is 1. The molecule has 1 saturated heterocycles. The normalized spacial score (nSPS) is 18.2. The fourth-order valence-corrected chi connectivity index (χ4v) is 4.18. The zero-order valence-electron chi connectivity index (χ0n) is 13.0. The molecule has 3 rings (SSSR count). The van der Waals surface area contributed by atoms with E-state index in [0.29, 0.717) is 18.4 Å². The molecule has 0 saturated carbocycles. The van der Waals surface area contributed by atoms with Crippen molar-refractivity contribution in [3.63, 3.8) is 0 Å². The quantitative estimate of drug-likeness (QED) is 0.891. The first-order chi connectivity index (χ1) is 10.8. The Morgan fingerprint density at radius 2 is 2.32 bits per heavy atom. The van der Waals surface area contributed by atoms with E-state index in [4.69, 9.17) is 0 Å². The van der Waals surface area contributed by atoms with Crippen LogP contribution in [0, 0.1) is 0 Å². The van der Waals surface area contributed by atoms with Crippen molar-refractivity contribution in [3.8, 4) is 0 Å². The number of fused-ring (bicyclic) bond motifs is 1. The molecule has 1 fully saturated rings. The Hall–Kier alpha value is -1.46. The van der Waals surface area contributed by atoms with Crippen LogP contribution in [-0.2, 0) is 11.2 Å². The molecule has 1 N–H and O–H groups in total. The first-order valence-electron chi connectivity index (χ1n) is 8.06. The van der Waals surface area contributed by atoms with Gasteiger partial charge < -0.3 is 10.2 Å². The molecule has 0 aliphatic carbocycles. The Morgan fingerprint density at radius 1 is 1.45 bits per heavy atom. The Bertz CT molecular complexity index is 607. The number of nitrogens with one attached hydrogen (secondary N) is 1. The van der Waals surface area contributed by atoms with Crippen LogP contribution in [0.3, 0.4) is 0 Å². The summed E-state index contributed by atoms with van der Waals surface area (Å²) in [5.41, 5.74) is 1.07. The molecular formula is C17H23N3OS. The number of carbonyl (C=O) groups excluding carboxylic acids is 1. The number of carbonyl (C=O) groups is 1. The molecule has 22 heavy (non-hydrogen) atoms. The number of hydrogen-bond donors (Lipinski definition) is 1. The largest absolute Gasteiger partial charge is 0.338 e. The molecule has 1 aromatic carbocycles. The average molecular weight is 317 g/mol. The van der Waals surface area contributed by atoms with Gasteiger partial charge in [-0.15, -0.1) is 11.3 Å². The maximum Gasteiger partial charge on any atom is 0.222 e. The van der Waals surface area contributed by atoms with Gasteiger partial charge in [-0.05, 0) is 44.9 Å². The lowest BCUT2D eigenvalue weighted by Gasteiger charge is -2.24. The van der Waals surface area contributed by atoms with Crippen LogP contribution in [0.5, 0.6) is 0 Å². The van der Waals surface area contributed by atoms with E-state index in [0.717, 1.165) is 49.3 Å². The lowest BCUT2D eigenvalue weighted by Crippen LogP contribution is -2.40. The van der Waals surface area contributed by atoms with Gasteiger partial charge in [0, 0.05) is 25.6 Å². The zero-order chi connectivity index (χ0) is 15.4. The lowest BCUT2D eigenvalue weighted by molar-refractivity contribution is -0.132. The first kappa shape index (κ1) is 15.4. The number of nitrogens with zero attached hydrogens (tertiary/aromatic N) is 2. The molecular weight excluding hydrogens is 294 g/mol. The number of para-hydroxylation sites is 1. The predicted molar refractivity (Wildman–Crippen MR) is 91.2 cm³/mol. The SMILES string of the molecule is CNCC1CCCN1C(=O)CCCc1nc2ccccc2s1. The summed E-state index contributed by atoms with van der Waals surface area (Å²) in [4.78, 5) is 19.1. The highest BCUT2D eigenvalue weighted by Crippen LogP contribution is 2.23. The van der Waals surface area contributed by atoms with E-state index in [-0.39, 0.29) is 0 Å². The van der Waals surface area contributed by atoms with E-state index in [1.807, 2.05) is 25.2 Å². The standard InChI is InChI=1S/C17H23N3OS/c1-18-12-13-6-5-11-20(13)17(21)10-4-9-16-19-14-7-2-3-8-15(14)22-16/h2-3,7-8,13,18H,4-6,9-12H2,1H3. The van der Waals surface area contributed by atoms with Crippen LogP contribution in [0.1, 0.15) is 30.7 Å². The number of likely N-dealkylation sites (tertiary alicyclic amines) is 1. The van der Waals surface area contributed by atoms with Gasteiger partial charge in [0.15, 0.2) is 0 Å². The summed E-state index contributed by atoms with van der Waals surface area (Å²) in [7, 11) is 1.95. The van der Waals surface area contributed by atoms with Crippen LogP contribution in [0.4, 0.5) is 0 Å². The number of amides is 1. The van der Waals surface area contributed by atoms with E-state index in [1.165, 1.54) is 4.70 Å². The summed E-state index contributed by atoms with van der Waals surface area (Å²) >= 11 is 1.74. The van der Waals surface area contributed by atoms with Crippen molar-refractivity contribution in [2.75, 3.05) is 20.1 Å². The first-order valence-corrected chi connectivity index (χ1v) is 8.88. The summed E-state index contributed by atoms with van der Waals surface area (Å²) in [6.07, 6.45) is 4.69. The van der Waals surface area contributed by atoms with Gasteiger partial charge >= 0.3 is 0 Å². The monoisotopic (exact) mass is 317 g/mol. The summed E-state index contributed by atoms with van der Waals surface area (Å²) in [6.45, 7) is 1.83. The van der Waals surface area contributed by atoms with Gasteiger partial charge in [0.2, 0.25) is 5.91 Å². The highest BCUT2D eigenvalue weighted by Gasteiger charge is 2.27. The Kier molecular flexibility index (Phi) is 5.05. The Morgan fingerprint density at radius 3 is 3.14 bits per heavy atom. The maximum atomic E-state index is 12.4. The minimum atomic E-state index is 0.305. The van der Waals surface area contributed by atoms with E-state index in [2.05, 4.69) is 21.3 Å². The van der Waals surface area contributed by atoms with Crippen molar-refractivity contribution >= 4 is 27.5 Å². The molecule has 4 nitrogen and oxygen atoms in total. The highest BCUT2D eigenvalue weighted by atomic mass is 32.1. The molecule has 1 aliphatic rings. The second-order valence-corrected chi connectivity index (χ2v) is 6.98. The minimum Gasteiger partial charge on any atom is -0.338 e. The van der Waals surface area contributed by atoms with Crippen LogP contribution >= 0.6 is 11.3 Å². The fourth-order valence-electron chi connectivity index (χ4n) is 3.17. The molecule has 1 aromatic heterocycles. The van der Waals surface area contributed by atoms with Crippen molar-refractivity contribution in [1.82, 2.24) is 15.2 Å². The maximum absolute atomic E-state index is 12.4. The molecule has 1 unspecified atom stereocenters. The number of aromatic nitrogens is 1. The van der Waals surface area contributed by atoms with E-state index in [9.17, 15) is 4.79 Å². The van der Waals surface area contributed by atoms with Crippen molar-refractivity contribution in [2.24, 2.45) is 0 Å². The van der Waals surface area contributed by atoms with Crippen molar-refractivity contribution < 1.29 is 4.79 Å². The lowest BCUT2D eigenvalue weighted by atomic mass is 10.2. The summed E-state index contributed by atoms with van der Waals surface area (Å²) in [5, 5.41) is 4.33. The summed E-state index contributed by atoms with van der Waals surface area (Å²) in [5.74, 6) is 0.305. The second kappa shape index (κ2) is 7.20. The van der Waals surface area contributed by atoms with Crippen LogP contribution in [0.2, 0.25) is 0 Å². The number of rotatable bonds is 6. The van der Waals surface area contributed by atoms with Crippen molar-refractivity contribution in [3.05, 3.63) is 29.3 Å². The number of aryl methyl sites for hydroxylation is 1. The predicted octanol–water partition coefficient (Wildman–Crippen LogP) is 2.83. The van der Waals surface area contributed by atoms with Gasteiger partial charge in [0.05, 0.1) is 15.2 Å². The topological polar surface area (TPSA) is 45.2 Å². The molecule has 1 atom stereocenters. The van der Waals surface area contributed by atoms with Crippen LogP contribution in [-0.4, -0.2) is 42.0 Å². The van der Waals surface area contributed by atoms with Gasteiger partial charge in [0.25, 0.3) is 0 Å². The zero-order valence-corrected chi connectivity index (χ0v) is 13.9. The summed E-state index contributed by atoms with van der Waals surface area (Å²) < 4.78 is 1.23. The van der Waals surface area contributed by atoms with Gasteiger partial charge in [-0.25, -0.2) is 4.98 Å². The van der Waals surface area contributed by atoms with Crippen molar-refractivity contribution in [2.45, 2.75) is 38.1 Å². The van der Waals surface area contributed by atoms with Crippen molar-refractivity contribution in [1.29, 1.82) is 0 Å². The van der Waals surface area contributed by atoms with E-state index in [1.54, 1.807) is 11.3 Å². The Labute approximate surface area is 135 Å². The number of likely N-dealkylation sites (N-methyl/N-ethyl adjacent to an activating group) is 1. The molecule has 118 valence electrons. The van der Waals surface area contributed by atoms with Gasteiger partial charge in [-0.1, -0.05) is 12.1 Å². The van der Waals surface area contributed by atoms with E-state index < -0.39 is 0 Å².